The molecule has 1 aliphatic rings. The lowest BCUT2D eigenvalue weighted by molar-refractivity contribution is 0.0394. The van der Waals surface area contributed by atoms with E-state index in [9.17, 15) is 4.39 Å². The number of allylic oxidation sites excluding steroid dienone is 1. The molecule has 0 atom stereocenters. The van der Waals surface area contributed by atoms with E-state index in [0.29, 0.717) is 31.9 Å². The summed E-state index contributed by atoms with van der Waals surface area (Å²) < 4.78 is 19.6. The lowest BCUT2D eigenvalue weighted by Gasteiger charge is -2.24. The molecule has 3 N–H and O–H groups in total. The lowest BCUT2D eigenvalue weighted by Crippen LogP contribution is -2.36. The first-order valence-corrected chi connectivity index (χ1v) is 8.83. The Kier molecular flexibility index (Phi) is 8.38. The predicted octanol–water partition coefficient (Wildman–Crippen LogP) is 2.58. The van der Waals surface area contributed by atoms with Crippen molar-refractivity contribution in [2.75, 3.05) is 33.0 Å². The number of nitrogens with zero attached hydrogens (tertiary/aromatic N) is 4. The van der Waals surface area contributed by atoms with Crippen LogP contribution in [0, 0.1) is 12.3 Å². The van der Waals surface area contributed by atoms with Gasteiger partial charge in [0.2, 0.25) is 0 Å². The Balaban J connectivity index is 2.26. The number of rotatable bonds is 7. The van der Waals surface area contributed by atoms with Crippen LogP contribution in [0.1, 0.15) is 11.1 Å². The number of aliphatic imine (C=N–C) groups is 3. The summed E-state index contributed by atoms with van der Waals surface area (Å²) in [4.78, 5) is 13.8. The molecule has 1 aromatic rings. The van der Waals surface area contributed by atoms with E-state index < -0.39 is 5.83 Å². The highest BCUT2D eigenvalue weighted by atomic mass is 19.1. The van der Waals surface area contributed by atoms with E-state index in [0.717, 1.165) is 17.3 Å². The Hall–Kier alpha value is -2.97. The average molecular weight is 384 g/mol. The lowest BCUT2D eigenvalue weighted by atomic mass is 10.0. The van der Waals surface area contributed by atoms with Gasteiger partial charge in [-0.05, 0) is 25.3 Å². The number of nitrogens with two attached hydrogens (primary N) is 1. The molecule has 0 amide bonds. The van der Waals surface area contributed by atoms with Gasteiger partial charge in [-0.2, -0.15) is 0 Å². The standard InChI is InChI=1S/C20H25FN6O/c1-15-3-5-16(6-4-15)17(12-22)11-19(23)26-20(18(21)13-24-2)25-14-27-7-9-28-10-8-27/h3-6,11-13,22H,2,7-10,14H2,1H3,(H2,23,25,26)/b17-11+,18-13+,22-12?. The minimum absolute atomic E-state index is 0.0346. The third-order valence-electron chi connectivity index (χ3n) is 4.02. The van der Waals surface area contributed by atoms with Crippen molar-refractivity contribution in [1.82, 2.24) is 4.90 Å². The summed E-state index contributed by atoms with van der Waals surface area (Å²) in [5.74, 6) is -0.861. The summed E-state index contributed by atoms with van der Waals surface area (Å²) in [5.41, 5.74) is 8.45. The molecule has 7 nitrogen and oxygen atoms in total. The van der Waals surface area contributed by atoms with E-state index in [1.54, 1.807) is 0 Å². The summed E-state index contributed by atoms with van der Waals surface area (Å²) >= 11 is 0. The second-order valence-corrected chi connectivity index (χ2v) is 6.16. The van der Waals surface area contributed by atoms with E-state index in [1.807, 2.05) is 36.1 Å². The number of hydrogen-bond donors (Lipinski definition) is 2. The van der Waals surface area contributed by atoms with Gasteiger partial charge in [-0.15, -0.1) is 0 Å². The summed E-state index contributed by atoms with van der Waals surface area (Å²) in [6.07, 6.45) is 3.63. The molecule has 1 aromatic carbocycles. The number of amidine groups is 2. The van der Waals surface area contributed by atoms with Crippen molar-refractivity contribution in [2.45, 2.75) is 6.92 Å². The summed E-state index contributed by atoms with van der Waals surface area (Å²) in [7, 11) is 0. The predicted molar refractivity (Wildman–Crippen MR) is 113 cm³/mol. The van der Waals surface area contributed by atoms with Crippen LogP contribution in [0.15, 0.2) is 57.3 Å². The molecule has 0 bridgehead atoms. The fourth-order valence-corrected chi connectivity index (χ4v) is 2.48. The van der Waals surface area contributed by atoms with Crippen molar-refractivity contribution < 1.29 is 9.13 Å². The van der Waals surface area contributed by atoms with Crippen molar-refractivity contribution in [2.24, 2.45) is 20.7 Å². The molecule has 0 saturated carbocycles. The average Bonchev–Trinajstić information content (AvgIpc) is 2.71. The van der Waals surface area contributed by atoms with E-state index in [-0.39, 0.29) is 18.3 Å². The minimum atomic E-state index is -0.730. The van der Waals surface area contributed by atoms with Crippen LogP contribution in [0.25, 0.3) is 5.57 Å². The maximum Gasteiger partial charge on any atom is 0.188 e. The summed E-state index contributed by atoms with van der Waals surface area (Å²) in [6.45, 7) is 8.16. The van der Waals surface area contributed by atoms with Crippen LogP contribution in [0.5, 0.6) is 0 Å². The molecule has 0 unspecified atom stereocenters. The number of hydrogen-bond acceptors (Lipinski definition) is 5. The summed E-state index contributed by atoms with van der Waals surface area (Å²) in [6, 6.07) is 7.64. The zero-order valence-corrected chi connectivity index (χ0v) is 15.9. The molecule has 0 radical (unpaired) electrons. The van der Waals surface area contributed by atoms with E-state index in [2.05, 4.69) is 21.7 Å². The maximum absolute atomic E-state index is 14.3. The highest BCUT2D eigenvalue weighted by Crippen LogP contribution is 2.13. The van der Waals surface area contributed by atoms with Crippen molar-refractivity contribution in [3.05, 3.63) is 53.5 Å². The minimum Gasteiger partial charge on any atom is -0.384 e. The Morgan fingerprint density at radius 1 is 1.32 bits per heavy atom. The van der Waals surface area contributed by atoms with Gasteiger partial charge in [0.15, 0.2) is 11.7 Å². The van der Waals surface area contributed by atoms with Gasteiger partial charge in [-0.1, -0.05) is 29.8 Å². The van der Waals surface area contributed by atoms with Crippen LogP contribution in [-0.4, -0.2) is 62.5 Å². The van der Waals surface area contributed by atoms with Gasteiger partial charge in [0.05, 0.1) is 26.1 Å². The van der Waals surface area contributed by atoms with Crippen molar-refractivity contribution in [3.63, 3.8) is 0 Å². The number of aryl methyl sites for hydroxylation is 1. The molecule has 1 fully saturated rings. The van der Waals surface area contributed by atoms with Gasteiger partial charge in [0.1, 0.15) is 5.84 Å². The van der Waals surface area contributed by atoms with Crippen LogP contribution < -0.4 is 5.73 Å². The quantitative estimate of drug-likeness (QED) is 0.558. The number of morpholine rings is 1. The first kappa shape index (κ1) is 21.3. The highest BCUT2D eigenvalue weighted by molar-refractivity contribution is 6.18. The van der Waals surface area contributed by atoms with Crippen LogP contribution >= 0.6 is 0 Å². The Morgan fingerprint density at radius 3 is 2.61 bits per heavy atom. The van der Waals surface area contributed by atoms with Crippen LogP contribution in [0.4, 0.5) is 4.39 Å². The number of nitrogens with one attached hydrogen (secondary N) is 1. The SMILES string of the molecule is C=N\C=C(F)/C(/N=C(N)/C=C(\C=N)c1ccc(C)cc1)=N\CN1CCOCC1. The van der Waals surface area contributed by atoms with Crippen LogP contribution in [0.2, 0.25) is 0 Å². The molecule has 1 aliphatic heterocycles. The topological polar surface area (TPSA) is 99.4 Å². The number of halogens is 1. The van der Waals surface area contributed by atoms with Crippen molar-refractivity contribution in [1.29, 1.82) is 5.41 Å². The second-order valence-electron chi connectivity index (χ2n) is 6.16. The number of ether oxygens (including phenoxy) is 1. The molecule has 8 heteroatoms. The molecule has 1 heterocycles. The molecular formula is C20H25FN6O. The fraction of sp³-hybridized carbons (Fsp3) is 0.300. The zero-order chi connectivity index (χ0) is 20.4. The van der Waals surface area contributed by atoms with Gasteiger partial charge in [0, 0.05) is 24.9 Å². The second kappa shape index (κ2) is 11.0. The Labute approximate surface area is 164 Å². The molecule has 148 valence electrons. The molecule has 1 saturated heterocycles. The number of benzene rings is 1. The van der Waals surface area contributed by atoms with Crippen molar-refractivity contribution >= 4 is 30.2 Å². The normalized spacial score (nSPS) is 17.5. The Bertz CT molecular complexity index is 804. The van der Waals surface area contributed by atoms with Gasteiger partial charge >= 0.3 is 0 Å². The largest absolute Gasteiger partial charge is 0.384 e. The van der Waals surface area contributed by atoms with E-state index in [4.69, 9.17) is 15.9 Å². The third kappa shape index (κ3) is 6.64. The third-order valence-corrected chi connectivity index (χ3v) is 4.02. The molecule has 0 aromatic heterocycles. The molecule has 0 spiro atoms. The van der Waals surface area contributed by atoms with Crippen molar-refractivity contribution in [3.8, 4) is 0 Å². The van der Waals surface area contributed by atoms with Gasteiger partial charge < -0.3 is 15.9 Å². The molecule has 2 rings (SSSR count). The smallest absolute Gasteiger partial charge is 0.188 e. The maximum atomic E-state index is 14.3. The molecular weight excluding hydrogens is 359 g/mol. The first-order chi connectivity index (χ1) is 13.5. The zero-order valence-electron chi connectivity index (χ0n) is 15.9. The fourth-order valence-electron chi connectivity index (χ4n) is 2.48. The van der Waals surface area contributed by atoms with E-state index in [1.165, 1.54) is 12.3 Å². The molecule has 0 aliphatic carbocycles. The monoisotopic (exact) mass is 384 g/mol. The van der Waals surface area contributed by atoms with Gasteiger partial charge in [0.25, 0.3) is 0 Å². The highest BCUT2D eigenvalue weighted by Gasteiger charge is 2.12. The molecule has 28 heavy (non-hydrogen) atoms. The van der Waals surface area contributed by atoms with Gasteiger partial charge in [-0.25, -0.2) is 14.4 Å². The first-order valence-electron chi connectivity index (χ1n) is 8.83. The summed E-state index contributed by atoms with van der Waals surface area (Å²) in [5, 5.41) is 7.63. The van der Waals surface area contributed by atoms with Crippen LogP contribution in [0.3, 0.4) is 0 Å². The van der Waals surface area contributed by atoms with Gasteiger partial charge in [-0.3, -0.25) is 9.89 Å². The van der Waals surface area contributed by atoms with E-state index >= 15 is 0 Å². The Morgan fingerprint density at radius 2 is 2.00 bits per heavy atom. The van der Waals surface area contributed by atoms with Crippen LogP contribution in [-0.2, 0) is 4.74 Å².